The molecule has 4 heterocycles. The number of anilines is 2. The van der Waals surface area contributed by atoms with Crippen molar-refractivity contribution >= 4 is 22.3 Å². The van der Waals surface area contributed by atoms with E-state index in [4.69, 9.17) is 0 Å². The Hall–Kier alpha value is -2.52. The molecule has 146 valence electrons. The third kappa shape index (κ3) is 4.31. The summed E-state index contributed by atoms with van der Waals surface area (Å²) in [5.74, 6) is 0.115. The van der Waals surface area contributed by atoms with Crippen LogP contribution in [0.4, 0.5) is 24.1 Å². The van der Waals surface area contributed by atoms with Gasteiger partial charge in [-0.2, -0.15) is 13.2 Å². The number of hydrogen-bond donors (Lipinski definition) is 1. The largest absolute Gasteiger partial charge is 0.416 e. The van der Waals surface area contributed by atoms with Crippen LogP contribution < -0.4 is 5.32 Å². The maximum absolute atomic E-state index is 12.9. The van der Waals surface area contributed by atoms with Crippen molar-refractivity contribution < 1.29 is 13.2 Å². The van der Waals surface area contributed by atoms with E-state index in [-0.39, 0.29) is 5.82 Å². The molecule has 1 fully saturated rings. The number of nitrogens with zero attached hydrogens (tertiary/aromatic N) is 4. The number of likely N-dealkylation sites (tertiary alicyclic amines) is 1. The SMILES string of the molecule is FC(F)(F)c1ccnc(Nc2nc(-c3ccccn3)c(CN3CCCC3)s2)c1. The highest BCUT2D eigenvalue weighted by molar-refractivity contribution is 7.16. The lowest BCUT2D eigenvalue weighted by atomic mass is 10.2. The van der Waals surface area contributed by atoms with Crippen molar-refractivity contribution in [2.75, 3.05) is 18.4 Å². The Bertz CT molecular complexity index is 936. The number of thiazole rings is 1. The van der Waals surface area contributed by atoms with Crippen molar-refractivity contribution in [1.82, 2.24) is 19.9 Å². The Morgan fingerprint density at radius 3 is 2.61 bits per heavy atom. The highest BCUT2D eigenvalue weighted by atomic mass is 32.1. The van der Waals surface area contributed by atoms with Gasteiger partial charge in [-0.15, -0.1) is 0 Å². The minimum atomic E-state index is -4.41. The molecule has 0 radical (unpaired) electrons. The molecule has 0 saturated carbocycles. The highest BCUT2D eigenvalue weighted by Gasteiger charge is 2.31. The zero-order valence-electron chi connectivity index (χ0n) is 14.9. The van der Waals surface area contributed by atoms with Gasteiger partial charge in [-0.05, 0) is 50.2 Å². The number of pyridine rings is 2. The van der Waals surface area contributed by atoms with Gasteiger partial charge >= 0.3 is 6.18 Å². The fourth-order valence-electron chi connectivity index (χ4n) is 3.14. The van der Waals surface area contributed by atoms with Crippen LogP contribution >= 0.6 is 11.3 Å². The van der Waals surface area contributed by atoms with E-state index in [0.29, 0.717) is 5.13 Å². The van der Waals surface area contributed by atoms with E-state index in [1.54, 1.807) is 6.20 Å². The lowest BCUT2D eigenvalue weighted by Gasteiger charge is -2.13. The van der Waals surface area contributed by atoms with Crippen LogP contribution in [0.2, 0.25) is 0 Å². The maximum Gasteiger partial charge on any atom is 0.416 e. The summed E-state index contributed by atoms with van der Waals surface area (Å²) in [6, 6.07) is 7.55. The van der Waals surface area contributed by atoms with E-state index in [0.717, 1.165) is 54.2 Å². The van der Waals surface area contributed by atoms with Gasteiger partial charge in [-0.25, -0.2) is 9.97 Å². The molecule has 1 aliphatic heterocycles. The molecule has 0 bridgehead atoms. The molecule has 9 heteroatoms. The Kier molecular flexibility index (Phi) is 5.27. The molecular formula is C19H18F3N5S. The molecule has 3 aromatic rings. The van der Waals surface area contributed by atoms with Crippen LogP contribution in [0.5, 0.6) is 0 Å². The van der Waals surface area contributed by atoms with Gasteiger partial charge in [0, 0.05) is 18.9 Å². The summed E-state index contributed by atoms with van der Waals surface area (Å²) in [4.78, 5) is 16.4. The maximum atomic E-state index is 12.9. The van der Waals surface area contributed by atoms with Gasteiger partial charge in [0.05, 0.1) is 16.1 Å². The van der Waals surface area contributed by atoms with E-state index < -0.39 is 11.7 Å². The number of hydrogen-bond acceptors (Lipinski definition) is 6. The summed E-state index contributed by atoms with van der Waals surface area (Å²) in [5.41, 5.74) is 0.758. The van der Waals surface area contributed by atoms with Crippen molar-refractivity contribution in [3.05, 3.63) is 53.2 Å². The van der Waals surface area contributed by atoms with Gasteiger partial charge in [-0.1, -0.05) is 17.4 Å². The van der Waals surface area contributed by atoms with E-state index in [1.807, 2.05) is 18.2 Å². The molecular weight excluding hydrogens is 387 g/mol. The lowest BCUT2D eigenvalue weighted by molar-refractivity contribution is -0.137. The second-order valence-corrected chi connectivity index (χ2v) is 7.63. The van der Waals surface area contributed by atoms with Crippen molar-refractivity contribution in [2.24, 2.45) is 0 Å². The quantitative estimate of drug-likeness (QED) is 0.650. The first-order valence-electron chi connectivity index (χ1n) is 8.93. The third-order valence-electron chi connectivity index (χ3n) is 4.49. The Morgan fingerprint density at radius 2 is 1.89 bits per heavy atom. The van der Waals surface area contributed by atoms with Crippen molar-refractivity contribution in [2.45, 2.75) is 25.6 Å². The molecule has 3 aromatic heterocycles. The predicted molar refractivity (Wildman–Crippen MR) is 102 cm³/mol. The molecule has 4 rings (SSSR count). The van der Waals surface area contributed by atoms with Crippen molar-refractivity contribution in [3.63, 3.8) is 0 Å². The topological polar surface area (TPSA) is 53.9 Å². The fourth-order valence-corrected chi connectivity index (χ4v) is 4.16. The first kappa shape index (κ1) is 18.8. The molecule has 0 atom stereocenters. The summed E-state index contributed by atoms with van der Waals surface area (Å²) < 4.78 is 38.8. The highest BCUT2D eigenvalue weighted by Crippen LogP contribution is 2.34. The monoisotopic (exact) mass is 405 g/mol. The number of alkyl halides is 3. The van der Waals surface area contributed by atoms with Crippen molar-refractivity contribution in [1.29, 1.82) is 0 Å². The number of aromatic nitrogens is 3. The van der Waals surface area contributed by atoms with E-state index in [1.165, 1.54) is 24.2 Å². The lowest BCUT2D eigenvalue weighted by Crippen LogP contribution is -2.18. The fraction of sp³-hybridized carbons (Fsp3) is 0.316. The Balaban J connectivity index is 1.63. The second kappa shape index (κ2) is 7.84. The number of halogens is 3. The third-order valence-corrected chi connectivity index (χ3v) is 5.45. The zero-order chi connectivity index (χ0) is 19.6. The van der Waals surface area contributed by atoms with Crippen LogP contribution in [0.1, 0.15) is 23.3 Å². The van der Waals surface area contributed by atoms with Crippen LogP contribution in [-0.4, -0.2) is 32.9 Å². The molecule has 1 N–H and O–H groups in total. The van der Waals surface area contributed by atoms with Gasteiger partial charge in [-0.3, -0.25) is 9.88 Å². The predicted octanol–water partition coefficient (Wildman–Crippen LogP) is 4.96. The van der Waals surface area contributed by atoms with Gasteiger partial charge in [0.25, 0.3) is 0 Å². The molecule has 1 saturated heterocycles. The first-order valence-corrected chi connectivity index (χ1v) is 9.74. The molecule has 0 aliphatic carbocycles. The smallest absolute Gasteiger partial charge is 0.316 e. The molecule has 28 heavy (non-hydrogen) atoms. The standard InChI is InChI=1S/C19H18F3N5S/c20-19(21,22)13-6-8-24-16(11-13)25-18-26-17(14-5-1-2-7-23-14)15(28-18)12-27-9-3-4-10-27/h1-2,5-8,11H,3-4,9-10,12H2,(H,24,25,26). The average molecular weight is 405 g/mol. The van der Waals surface area contributed by atoms with Crippen LogP contribution in [0, 0.1) is 0 Å². The van der Waals surface area contributed by atoms with E-state index >= 15 is 0 Å². The van der Waals surface area contributed by atoms with Gasteiger partial charge < -0.3 is 5.32 Å². The molecule has 1 aliphatic rings. The van der Waals surface area contributed by atoms with Crippen LogP contribution in [0.3, 0.4) is 0 Å². The first-order chi connectivity index (χ1) is 13.5. The molecule has 0 aromatic carbocycles. The summed E-state index contributed by atoms with van der Waals surface area (Å²) in [7, 11) is 0. The normalized spacial score (nSPS) is 15.1. The minimum absolute atomic E-state index is 0.115. The minimum Gasteiger partial charge on any atom is -0.316 e. The number of nitrogens with one attached hydrogen (secondary N) is 1. The Labute approximate surface area is 164 Å². The van der Waals surface area contributed by atoms with Gasteiger partial charge in [0.1, 0.15) is 11.5 Å². The summed E-state index contributed by atoms with van der Waals surface area (Å²) in [5, 5.41) is 3.42. The zero-order valence-corrected chi connectivity index (χ0v) is 15.7. The van der Waals surface area contributed by atoms with Crippen molar-refractivity contribution in [3.8, 4) is 11.4 Å². The van der Waals surface area contributed by atoms with Gasteiger partial charge in [0.15, 0.2) is 5.13 Å². The molecule has 0 unspecified atom stereocenters. The summed E-state index contributed by atoms with van der Waals surface area (Å²) in [6.07, 6.45) is 0.787. The second-order valence-electron chi connectivity index (χ2n) is 6.54. The van der Waals surface area contributed by atoms with Crippen LogP contribution in [-0.2, 0) is 12.7 Å². The van der Waals surface area contributed by atoms with Crippen LogP contribution in [0.15, 0.2) is 42.7 Å². The van der Waals surface area contributed by atoms with Gasteiger partial charge in [0.2, 0.25) is 0 Å². The van der Waals surface area contributed by atoms with E-state index in [2.05, 4.69) is 25.2 Å². The molecule has 5 nitrogen and oxygen atoms in total. The summed E-state index contributed by atoms with van der Waals surface area (Å²) >= 11 is 1.42. The molecule has 0 amide bonds. The summed E-state index contributed by atoms with van der Waals surface area (Å²) in [6.45, 7) is 2.83. The van der Waals surface area contributed by atoms with Crippen LogP contribution in [0.25, 0.3) is 11.4 Å². The Morgan fingerprint density at radius 1 is 1.07 bits per heavy atom. The number of rotatable bonds is 5. The molecule has 0 spiro atoms. The van der Waals surface area contributed by atoms with E-state index in [9.17, 15) is 13.2 Å². The average Bonchev–Trinajstić information content (AvgIpc) is 3.32.